The molecule has 3 nitrogen and oxygen atoms in total. The van der Waals surface area contributed by atoms with Gasteiger partial charge in [0, 0.05) is 12.3 Å². The minimum atomic E-state index is -3.51. The Morgan fingerprint density at radius 1 is 1.50 bits per heavy atom. The van der Waals surface area contributed by atoms with Crippen molar-refractivity contribution in [2.45, 2.75) is 24.3 Å². The largest absolute Gasteiger partial charge is 0.310 e. The van der Waals surface area contributed by atoms with Crippen molar-refractivity contribution in [2.24, 2.45) is 0 Å². The summed E-state index contributed by atoms with van der Waals surface area (Å²) in [5.74, 6) is -0.702. The van der Waals surface area contributed by atoms with Gasteiger partial charge in [-0.05, 0) is 37.6 Å². The minimum Gasteiger partial charge on any atom is -0.310 e. The zero-order valence-corrected chi connectivity index (χ0v) is 11.4. The van der Waals surface area contributed by atoms with Gasteiger partial charge in [-0.3, -0.25) is 0 Å². The van der Waals surface area contributed by atoms with Crippen LogP contribution in [0.15, 0.2) is 35.7 Å². The zero-order chi connectivity index (χ0) is 13.8. The fraction of sp³-hybridized carbons (Fsp3) is 0.385. The molecule has 100 valence electrons. The second kappa shape index (κ2) is 6.11. The van der Waals surface area contributed by atoms with Crippen LogP contribution in [0.5, 0.6) is 0 Å². The van der Waals surface area contributed by atoms with Gasteiger partial charge < -0.3 is 5.32 Å². The highest BCUT2D eigenvalue weighted by Gasteiger charge is 2.15. The van der Waals surface area contributed by atoms with Crippen LogP contribution in [0.1, 0.15) is 24.9 Å². The van der Waals surface area contributed by atoms with Crippen molar-refractivity contribution in [3.63, 3.8) is 0 Å². The quantitative estimate of drug-likeness (QED) is 0.638. The molecule has 0 saturated carbocycles. The third kappa shape index (κ3) is 3.92. The summed E-state index contributed by atoms with van der Waals surface area (Å²) in [6.45, 7) is 6.27. The van der Waals surface area contributed by atoms with Gasteiger partial charge >= 0.3 is 0 Å². The Bertz CT molecular complexity index is 526. The molecule has 0 saturated heterocycles. The fourth-order valence-corrected chi connectivity index (χ4v) is 2.34. The van der Waals surface area contributed by atoms with Gasteiger partial charge in [0.1, 0.15) is 10.7 Å². The van der Waals surface area contributed by atoms with Crippen molar-refractivity contribution in [1.82, 2.24) is 5.32 Å². The number of nitrogens with one attached hydrogen (secondary N) is 1. The molecule has 0 amide bonds. The van der Waals surface area contributed by atoms with Crippen molar-refractivity contribution in [3.05, 3.63) is 42.2 Å². The van der Waals surface area contributed by atoms with Gasteiger partial charge in [-0.2, -0.15) is 0 Å². The van der Waals surface area contributed by atoms with Crippen LogP contribution in [-0.4, -0.2) is 21.2 Å². The van der Waals surface area contributed by atoms with E-state index in [0.717, 1.165) is 24.8 Å². The van der Waals surface area contributed by atoms with Gasteiger partial charge in [0.05, 0.1) is 0 Å². The Morgan fingerprint density at radius 2 is 2.17 bits per heavy atom. The summed E-state index contributed by atoms with van der Waals surface area (Å²) in [6, 6.07) is 4.17. The molecule has 0 radical (unpaired) electrons. The predicted molar refractivity (Wildman–Crippen MR) is 70.7 cm³/mol. The fourth-order valence-electron chi connectivity index (χ4n) is 1.61. The number of sulfone groups is 1. The third-order valence-electron chi connectivity index (χ3n) is 2.65. The first kappa shape index (κ1) is 14.9. The summed E-state index contributed by atoms with van der Waals surface area (Å²) < 4.78 is 36.2. The highest BCUT2D eigenvalue weighted by atomic mass is 32.2. The summed E-state index contributed by atoms with van der Waals surface area (Å²) in [5, 5.41) is 3.20. The Kier molecular flexibility index (Phi) is 5.04. The number of halogens is 1. The molecule has 0 fully saturated rings. The maximum atomic E-state index is 13.7. The first-order valence-electron chi connectivity index (χ1n) is 5.70. The van der Waals surface area contributed by atoms with E-state index in [1.165, 1.54) is 12.1 Å². The predicted octanol–water partition coefficient (Wildman–Crippen LogP) is 2.46. The van der Waals surface area contributed by atoms with E-state index < -0.39 is 15.7 Å². The van der Waals surface area contributed by atoms with Crippen molar-refractivity contribution < 1.29 is 12.8 Å². The topological polar surface area (TPSA) is 46.2 Å². The molecular formula is C13H18FNO2S. The number of hydrogen-bond acceptors (Lipinski definition) is 3. The lowest BCUT2D eigenvalue weighted by Gasteiger charge is -2.14. The summed E-state index contributed by atoms with van der Waals surface area (Å²) in [4.78, 5) is -0.260. The lowest BCUT2D eigenvalue weighted by Crippen LogP contribution is -2.19. The molecule has 0 aliphatic carbocycles. The van der Waals surface area contributed by atoms with Crippen LogP contribution in [-0.2, 0) is 9.84 Å². The molecule has 0 bridgehead atoms. The average Bonchev–Trinajstić information content (AvgIpc) is 2.27. The molecule has 0 aliphatic rings. The van der Waals surface area contributed by atoms with Crippen LogP contribution in [0, 0.1) is 5.82 Å². The summed E-state index contributed by atoms with van der Waals surface area (Å²) in [6.07, 6.45) is 3.62. The van der Waals surface area contributed by atoms with Gasteiger partial charge in [0.2, 0.25) is 0 Å². The molecule has 1 aromatic carbocycles. The van der Waals surface area contributed by atoms with Crippen LogP contribution in [0.4, 0.5) is 4.39 Å². The second-order valence-electron chi connectivity index (χ2n) is 4.22. The number of rotatable bonds is 6. The highest BCUT2D eigenvalue weighted by molar-refractivity contribution is 7.90. The molecule has 0 aliphatic heterocycles. The smallest absolute Gasteiger partial charge is 0.178 e. The Hall–Kier alpha value is -1.20. The van der Waals surface area contributed by atoms with Gasteiger partial charge in [-0.25, -0.2) is 12.8 Å². The standard InChI is InChI=1S/C13H18FNO2S/c1-4-5-8-15-10(2)11-6-7-13(12(14)9-11)18(3,16)17/h4,6-7,9-10,15H,1,5,8H2,2-3H3/t10-/m0/s1. The Morgan fingerprint density at radius 3 is 2.67 bits per heavy atom. The van der Waals surface area contributed by atoms with E-state index in [1.54, 1.807) is 12.1 Å². The summed E-state index contributed by atoms with van der Waals surface area (Å²) >= 11 is 0. The molecule has 18 heavy (non-hydrogen) atoms. The van der Waals surface area contributed by atoms with Crippen LogP contribution in [0.2, 0.25) is 0 Å². The van der Waals surface area contributed by atoms with Crippen molar-refractivity contribution in [1.29, 1.82) is 0 Å². The Balaban J connectivity index is 2.87. The number of hydrogen-bond donors (Lipinski definition) is 1. The maximum Gasteiger partial charge on any atom is 0.178 e. The van der Waals surface area contributed by atoms with Gasteiger partial charge in [0.25, 0.3) is 0 Å². The molecule has 0 spiro atoms. The monoisotopic (exact) mass is 271 g/mol. The highest BCUT2D eigenvalue weighted by Crippen LogP contribution is 2.20. The van der Waals surface area contributed by atoms with Crippen molar-refractivity contribution >= 4 is 9.84 Å². The van der Waals surface area contributed by atoms with Crippen molar-refractivity contribution in [3.8, 4) is 0 Å². The van der Waals surface area contributed by atoms with Crippen LogP contribution in [0.3, 0.4) is 0 Å². The van der Waals surface area contributed by atoms with Gasteiger partial charge in [0.15, 0.2) is 9.84 Å². The molecule has 1 N–H and O–H groups in total. The second-order valence-corrected chi connectivity index (χ2v) is 6.20. The van der Waals surface area contributed by atoms with E-state index >= 15 is 0 Å². The van der Waals surface area contributed by atoms with E-state index in [4.69, 9.17) is 0 Å². The summed E-state index contributed by atoms with van der Waals surface area (Å²) in [5.41, 5.74) is 0.726. The van der Waals surface area contributed by atoms with E-state index in [2.05, 4.69) is 11.9 Å². The van der Waals surface area contributed by atoms with E-state index in [1.807, 2.05) is 6.92 Å². The number of benzene rings is 1. The average molecular weight is 271 g/mol. The normalized spacial score (nSPS) is 13.3. The van der Waals surface area contributed by atoms with E-state index in [9.17, 15) is 12.8 Å². The molecule has 0 heterocycles. The first-order chi connectivity index (χ1) is 8.36. The van der Waals surface area contributed by atoms with Gasteiger partial charge in [-0.15, -0.1) is 6.58 Å². The van der Waals surface area contributed by atoms with Crippen LogP contribution < -0.4 is 5.32 Å². The SMILES string of the molecule is C=CCCN[C@@H](C)c1ccc(S(C)(=O)=O)c(F)c1. The molecular weight excluding hydrogens is 253 g/mol. The van der Waals surface area contributed by atoms with Crippen LogP contribution in [0.25, 0.3) is 0 Å². The van der Waals surface area contributed by atoms with Crippen LogP contribution >= 0.6 is 0 Å². The van der Waals surface area contributed by atoms with Crippen molar-refractivity contribution in [2.75, 3.05) is 12.8 Å². The first-order valence-corrected chi connectivity index (χ1v) is 7.59. The summed E-state index contributed by atoms with van der Waals surface area (Å²) in [7, 11) is -3.51. The molecule has 1 rings (SSSR count). The molecule has 0 aromatic heterocycles. The molecule has 5 heteroatoms. The molecule has 1 aromatic rings. The Labute approximate surface area is 108 Å². The lowest BCUT2D eigenvalue weighted by atomic mass is 10.1. The molecule has 0 unspecified atom stereocenters. The maximum absolute atomic E-state index is 13.7. The van der Waals surface area contributed by atoms with Gasteiger partial charge in [-0.1, -0.05) is 12.1 Å². The third-order valence-corrected chi connectivity index (χ3v) is 3.78. The molecule has 1 atom stereocenters. The lowest BCUT2D eigenvalue weighted by molar-refractivity contribution is 0.553. The van der Waals surface area contributed by atoms with E-state index in [0.29, 0.717) is 0 Å². The zero-order valence-electron chi connectivity index (χ0n) is 10.6. The minimum absolute atomic E-state index is 0.0342. The van der Waals surface area contributed by atoms with E-state index in [-0.39, 0.29) is 10.9 Å².